The lowest BCUT2D eigenvalue weighted by molar-refractivity contribution is -0.142. The number of hydrogen-bond acceptors (Lipinski definition) is 5. The third-order valence-electron chi connectivity index (χ3n) is 8.74. The number of carbonyl (C=O) groups is 4. The molecule has 4 amide bonds. The first-order valence-corrected chi connectivity index (χ1v) is 17.5. The maximum Gasteiger partial charge on any atom is 0.416 e. The Morgan fingerprint density at radius 2 is 1.34 bits per heavy atom. The number of aryl methyl sites for hydroxylation is 2. The highest BCUT2D eigenvalue weighted by molar-refractivity contribution is 6.42. The number of nitrogens with zero attached hydrogens (tertiary/aromatic N) is 3. The summed E-state index contributed by atoms with van der Waals surface area (Å²) >= 11 is 12.4. The average molecular weight is 770 g/mol. The van der Waals surface area contributed by atoms with Crippen molar-refractivity contribution in [2.24, 2.45) is 0 Å². The van der Waals surface area contributed by atoms with Gasteiger partial charge >= 0.3 is 6.18 Å². The number of amides is 4. The molecule has 4 aromatic carbocycles. The molecule has 5 rings (SSSR count). The second-order valence-corrected chi connectivity index (χ2v) is 13.5. The predicted molar refractivity (Wildman–Crippen MR) is 196 cm³/mol. The van der Waals surface area contributed by atoms with E-state index in [1.165, 1.54) is 32.9 Å². The summed E-state index contributed by atoms with van der Waals surface area (Å²) in [5.74, 6) is -1.67. The van der Waals surface area contributed by atoms with Gasteiger partial charge in [0.2, 0.25) is 17.7 Å². The average Bonchev–Trinajstić information content (AvgIpc) is 3.11. The van der Waals surface area contributed by atoms with E-state index in [9.17, 15) is 32.3 Å². The molecule has 0 fully saturated rings. The number of ether oxygens (including phenoxy) is 1. The van der Waals surface area contributed by atoms with Gasteiger partial charge in [-0.1, -0.05) is 71.7 Å². The molecule has 1 N–H and O–H groups in total. The van der Waals surface area contributed by atoms with E-state index in [0.29, 0.717) is 21.9 Å². The fourth-order valence-corrected chi connectivity index (χ4v) is 6.21. The normalized spacial score (nSPS) is 14.7. The van der Waals surface area contributed by atoms with E-state index >= 15 is 0 Å². The standard InChI is InChI=1S/C39H37Cl2F3N4O5/c1-25-6-5-7-26(2)37(25)53-19-18-47-22-34(49)45-33-9-4-3-8-30(33)38(52)48(21-28-12-15-31(40)32(41)20-28)24-36(51)46(23-35(47)50)17-16-27-10-13-29(14-11-27)39(42,43)44/h3-15,20H,16-19,21-24H2,1-2H3,(H,45,49). The molecule has 0 unspecified atom stereocenters. The first-order valence-electron chi connectivity index (χ1n) is 16.7. The van der Waals surface area contributed by atoms with Gasteiger partial charge in [-0.25, -0.2) is 0 Å². The van der Waals surface area contributed by atoms with Crippen LogP contribution in [0.4, 0.5) is 18.9 Å². The largest absolute Gasteiger partial charge is 0.491 e. The molecule has 0 aliphatic carbocycles. The molecule has 4 aromatic rings. The van der Waals surface area contributed by atoms with Gasteiger partial charge in [0.05, 0.1) is 39.9 Å². The van der Waals surface area contributed by atoms with Gasteiger partial charge in [0.25, 0.3) is 5.91 Å². The van der Waals surface area contributed by atoms with Crippen LogP contribution in [0, 0.1) is 13.8 Å². The van der Waals surface area contributed by atoms with Gasteiger partial charge in [-0.2, -0.15) is 13.2 Å². The molecular weight excluding hydrogens is 732 g/mol. The van der Waals surface area contributed by atoms with Crippen LogP contribution in [0.2, 0.25) is 10.0 Å². The zero-order valence-corrected chi connectivity index (χ0v) is 30.5. The summed E-state index contributed by atoms with van der Waals surface area (Å²) in [4.78, 5) is 59.6. The van der Waals surface area contributed by atoms with Crippen molar-refractivity contribution in [3.05, 3.63) is 128 Å². The molecule has 1 heterocycles. The molecule has 53 heavy (non-hydrogen) atoms. The molecule has 0 spiro atoms. The topological polar surface area (TPSA) is 99.3 Å². The van der Waals surface area contributed by atoms with Crippen molar-refractivity contribution < 1.29 is 37.1 Å². The van der Waals surface area contributed by atoms with E-state index in [1.807, 2.05) is 32.0 Å². The first kappa shape index (κ1) is 39.1. The van der Waals surface area contributed by atoms with Crippen molar-refractivity contribution in [2.75, 3.05) is 44.6 Å². The molecule has 9 nitrogen and oxygen atoms in total. The molecule has 0 saturated heterocycles. The van der Waals surface area contributed by atoms with Crippen molar-refractivity contribution in [3.63, 3.8) is 0 Å². The number of benzene rings is 4. The lowest BCUT2D eigenvalue weighted by atomic mass is 10.1. The number of para-hydroxylation sites is 2. The number of rotatable bonds is 9. The molecule has 0 atom stereocenters. The van der Waals surface area contributed by atoms with Crippen molar-refractivity contribution in [3.8, 4) is 5.75 Å². The second kappa shape index (κ2) is 17.2. The van der Waals surface area contributed by atoms with Gasteiger partial charge in [-0.15, -0.1) is 0 Å². The Balaban J connectivity index is 1.47. The van der Waals surface area contributed by atoms with Crippen LogP contribution in [0.5, 0.6) is 5.75 Å². The van der Waals surface area contributed by atoms with Crippen molar-refractivity contribution in [2.45, 2.75) is 33.0 Å². The van der Waals surface area contributed by atoms with E-state index in [1.54, 1.807) is 36.4 Å². The SMILES string of the molecule is Cc1cccc(C)c1OCCN1CC(=O)Nc2ccccc2C(=O)N(Cc2ccc(Cl)c(Cl)c2)CC(=O)N(CCc2ccc(C(F)(F)F)cc2)CC1=O. The Morgan fingerprint density at radius 3 is 2.00 bits per heavy atom. The lowest BCUT2D eigenvalue weighted by Crippen LogP contribution is -2.49. The number of alkyl halides is 3. The lowest BCUT2D eigenvalue weighted by Gasteiger charge is -2.29. The van der Waals surface area contributed by atoms with Gasteiger partial charge in [-0.3, -0.25) is 19.2 Å². The summed E-state index contributed by atoms with van der Waals surface area (Å²) in [6.07, 6.45) is -4.41. The van der Waals surface area contributed by atoms with E-state index in [-0.39, 0.29) is 48.9 Å². The highest BCUT2D eigenvalue weighted by Gasteiger charge is 2.31. The number of nitrogens with one attached hydrogen (secondary N) is 1. The molecule has 0 aromatic heterocycles. The fraction of sp³-hybridized carbons (Fsp3) is 0.282. The quantitative estimate of drug-likeness (QED) is 0.194. The molecule has 0 bridgehead atoms. The van der Waals surface area contributed by atoms with E-state index in [4.69, 9.17) is 27.9 Å². The maximum absolute atomic E-state index is 14.2. The molecule has 278 valence electrons. The highest BCUT2D eigenvalue weighted by Crippen LogP contribution is 2.29. The van der Waals surface area contributed by atoms with Crippen molar-refractivity contribution >= 4 is 52.5 Å². The van der Waals surface area contributed by atoms with Crippen LogP contribution in [0.3, 0.4) is 0 Å². The number of carbonyl (C=O) groups excluding carboxylic acids is 4. The van der Waals surface area contributed by atoms with E-state index < -0.39 is 55.0 Å². The second-order valence-electron chi connectivity index (χ2n) is 12.6. The molecular formula is C39H37Cl2F3N4O5. The van der Waals surface area contributed by atoms with Crippen LogP contribution in [0.15, 0.2) is 84.9 Å². The minimum atomic E-state index is -4.52. The minimum Gasteiger partial charge on any atom is -0.491 e. The van der Waals surface area contributed by atoms with Crippen LogP contribution in [-0.4, -0.2) is 77.7 Å². The summed E-state index contributed by atoms with van der Waals surface area (Å²) < 4.78 is 45.7. The number of anilines is 1. The summed E-state index contributed by atoms with van der Waals surface area (Å²) in [5.41, 5.74) is 2.33. The van der Waals surface area contributed by atoms with Gasteiger partial charge in [0.1, 0.15) is 25.4 Å². The smallest absolute Gasteiger partial charge is 0.416 e. The van der Waals surface area contributed by atoms with E-state index in [0.717, 1.165) is 23.3 Å². The molecule has 0 radical (unpaired) electrons. The summed E-state index contributed by atoms with van der Waals surface area (Å²) in [5, 5.41) is 3.29. The first-order chi connectivity index (χ1) is 25.2. The molecule has 1 aliphatic heterocycles. The Hall–Kier alpha value is -5.07. The maximum atomic E-state index is 14.2. The highest BCUT2D eigenvalue weighted by atomic mass is 35.5. The number of fused-ring (bicyclic) bond motifs is 1. The third-order valence-corrected chi connectivity index (χ3v) is 9.48. The Kier molecular flexibility index (Phi) is 12.7. The van der Waals surface area contributed by atoms with Gasteiger partial charge < -0.3 is 24.8 Å². The Labute approximate surface area is 315 Å². The minimum absolute atomic E-state index is 0.00894. The van der Waals surface area contributed by atoms with Crippen LogP contribution < -0.4 is 10.1 Å². The Bertz CT molecular complexity index is 1970. The fourth-order valence-electron chi connectivity index (χ4n) is 5.89. The Morgan fingerprint density at radius 1 is 0.717 bits per heavy atom. The van der Waals surface area contributed by atoms with Crippen LogP contribution >= 0.6 is 23.2 Å². The summed E-state index contributed by atoms with van der Waals surface area (Å²) in [6.45, 7) is 2.31. The number of halogens is 5. The van der Waals surface area contributed by atoms with Gasteiger partial charge in [-0.05, 0) is 78.9 Å². The van der Waals surface area contributed by atoms with Crippen LogP contribution in [0.25, 0.3) is 0 Å². The number of hydrogen-bond donors (Lipinski definition) is 1. The van der Waals surface area contributed by atoms with Gasteiger partial charge in [0, 0.05) is 13.1 Å². The monoisotopic (exact) mass is 768 g/mol. The molecule has 0 saturated carbocycles. The van der Waals surface area contributed by atoms with Crippen LogP contribution in [-0.2, 0) is 33.5 Å². The summed E-state index contributed by atoms with van der Waals surface area (Å²) in [7, 11) is 0. The third kappa shape index (κ3) is 10.3. The zero-order valence-electron chi connectivity index (χ0n) is 29.0. The summed E-state index contributed by atoms with van der Waals surface area (Å²) in [6, 6.07) is 21.3. The van der Waals surface area contributed by atoms with E-state index in [2.05, 4.69) is 5.32 Å². The molecule has 14 heteroatoms. The van der Waals surface area contributed by atoms with Gasteiger partial charge in [0.15, 0.2) is 0 Å². The predicted octanol–water partition coefficient (Wildman–Crippen LogP) is 7.20. The molecule has 1 aliphatic rings. The zero-order chi connectivity index (χ0) is 38.3. The van der Waals surface area contributed by atoms with Crippen molar-refractivity contribution in [1.29, 1.82) is 0 Å². The van der Waals surface area contributed by atoms with Crippen LogP contribution in [0.1, 0.15) is 38.2 Å². The van der Waals surface area contributed by atoms with Crippen molar-refractivity contribution in [1.82, 2.24) is 14.7 Å².